The zero-order chi connectivity index (χ0) is 15.7. The van der Waals surface area contributed by atoms with Crippen molar-refractivity contribution >= 4 is 18.3 Å². The van der Waals surface area contributed by atoms with Crippen molar-refractivity contribution in [3.63, 3.8) is 0 Å². The first kappa shape index (κ1) is 18.8. The number of amides is 1. The van der Waals surface area contributed by atoms with Crippen LogP contribution in [0.25, 0.3) is 0 Å². The SMILES string of the molecule is CNC(C)CNC(=O)C1(c2cccc(C(F)(F)F)c2)CC1.Cl. The van der Waals surface area contributed by atoms with Gasteiger partial charge in [-0.15, -0.1) is 12.4 Å². The van der Waals surface area contributed by atoms with E-state index in [0.29, 0.717) is 24.9 Å². The van der Waals surface area contributed by atoms with Crippen LogP contribution in [0, 0.1) is 0 Å². The molecule has 0 heterocycles. The summed E-state index contributed by atoms with van der Waals surface area (Å²) in [4.78, 5) is 12.3. The van der Waals surface area contributed by atoms with E-state index in [1.807, 2.05) is 6.92 Å². The van der Waals surface area contributed by atoms with E-state index in [0.717, 1.165) is 12.1 Å². The van der Waals surface area contributed by atoms with Crippen LogP contribution in [0.15, 0.2) is 24.3 Å². The number of halogens is 4. The van der Waals surface area contributed by atoms with Crippen LogP contribution in [0.2, 0.25) is 0 Å². The normalized spacial score (nSPS) is 17.3. The molecule has 1 aromatic rings. The minimum Gasteiger partial charge on any atom is -0.354 e. The summed E-state index contributed by atoms with van der Waals surface area (Å²) in [5.41, 5.74) is -1.04. The first-order chi connectivity index (χ1) is 9.79. The van der Waals surface area contributed by atoms with E-state index in [1.165, 1.54) is 6.07 Å². The van der Waals surface area contributed by atoms with Crippen molar-refractivity contribution in [1.82, 2.24) is 10.6 Å². The third kappa shape index (κ3) is 3.93. The minimum absolute atomic E-state index is 0. The van der Waals surface area contributed by atoms with E-state index < -0.39 is 17.2 Å². The third-order valence-corrected chi connectivity index (χ3v) is 3.99. The summed E-state index contributed by atoms with van der Waals surface area (Å²) in [5, 5.41) is 5.81. The number of carbonyl (C=O) groups excluding carboxylic acids is 1. The Morgan fingerprint density at radius 3 is 2.50 bits per heavy atom. The van der Waals surface area contributed by atoms with Crippen LogP contribution >= 0.6 is 12.4 Å². The Bertz CT molecular complexity index is 530. The number of hydrogen-bond donors (Lipinski definition) is 2. The number of rotatable bonds is 5. The molecule has 7 heteroatoms. The summed E-state index contributed by atoms with van der Waals surface area (Å²) in [6.45, 7) is 2.38. The zero-order valence-electron chi connectivity index (χ0n) is 12.5. The molecule has 0 aliphatic heterocycles. The van der Waals surface area contributed by atoms with Crippen LogP contribution in [0.1, 0.15) is 30.9 Å². The lowest BCUT2D eigenvalue weighted by Crippen LogP contribution is -2.42. The van der Waals surface area contributed by atoms with Crippen molar-refractivity contribution in [3.8, 4) is 0 Å². The van der Waals surface area contributed by atoms with Gasteiger partial charge in [0.2, 0.25) is 5.91 Å². The molecule has 3 nitrogen and oxygen atoms in total. The van der Waals surface area contributed by atoms with E-state index in [4.69, 9.17) is 0 Å². The van der Waals surface area contributed by atoms with Crippen LogP contribution in [0.3, 0.4) is 0 Å². The van der Waals surface area contributed by atoms with Crippen molar-refractivity contribution in [1.29, 1.82) is 0 Å². The van der Waals surface area contributed by atoms with Gasteiger partial charge in [0.25, 0.3) is 0 Å². The van der Waals surface area contributed by atoms with Crippen molar-refractivity contribution in [2.24, 2.45) is 0 Å². The van der Waals surface area contributed by atoms with Gasteiger partial charge in [-0.05, 0) is 38.4 Å². The van der Waals surface area contributed by atoms with E-state index in [2.05, 4.69) is 10.6 Å². The quantitative estimate of drug-likeness (QED) is 0.868. The molecule has 1 aromatic carbocycles. The third-order valence-electron chi connectivity index (χ3n) is 3.99. The van der Waals surface area contributed by atoms with Gasteiger partial charge in [0, 0.05) is 12.6 Å². The molecule has 1 amide bonds. The lowest BCUT2D eigenvalue weighted by Gasteiger charge is -2.19. The molecular formula is C15H20ClF3N2O. The van der Waals surface area contributed by atoms with Gasteiger partial charge in [-0.3, -0.25) is 4.79 Å². The van der Waals surface area contributed by atoms with Crippen molar-refractivity contribution in [2.45, 2.75) is 37.4 Å². The molecule has 22 heavy (non-hydrogen) atoms. The fraction of sp³-hybridized carbons (Fsp3) is 0.533. The second kappa shape index (κ2) is 6.87. The Labute approximate surface area is 134 Å². The van der Waals surface area contributed by atoms with Crippen LogP contribution in [-0.4, -0.2) is 25.5 Å². The van der Waals surface area contributed by atoms with E-state index in [9.17, 15) is 18.0 Å². The van der Waals surface area contributed by atoms with Crippen LogP contribution in [0.4, 0.5) is 13.2 Å². The van der Waals surface area contributed by atoms with Gasteiger partial charge in [-0.25, -0.2) is 0 Å². The molecule has 1 unspecified atom stereocenters. The molecule has 1 aliphatic rings. The molecule has 2 rings (SSSR count). The largest absolute Gasteiger partial charge is 0.416 e. The van der Waals surface area contributed by atoms with Crippen molar-refractivity contribution in [3.05, 3.63) is 35.4 Å². The highest BCUT2D eigenvalue weighted by Gasteiger charge is 2.51. The Hall–Kier alpha value is -1.27. The molecule has 0 aromatic heterocycles. The molecule has 2 N–H and O–H groups in total. The second-order valence-electron chi connectivity index (χ2n) is 5.56. The Morgan fingerprint density at radius 1 is 1.36 bits per heavy atom. The zero-order valence-corrected chi connectivity index (χ0v) is 13.3. The van der Waals surface area contributed by atoms with Gasteiger partial charge >= 0.3 is 6.18 Å². The molecule has 124 valence electrons. The van der Waals surface area contributed by atoms with Crippen LogP contribution in [-0.2, 0) is 16.4 Å². The molecule has 0 spiro atoms. The topological polar surface area (TPSA) is 41.1 Å². The highest BCUT2D eigenvalue weighted by Crippen LogP contribution is 2.49. The summed E-state index contributed by atoms with van der Waals surface area (Å²) >= 11 is 0. The number of likely N-dealkylation sites (N-methyl/N-ethyl adjacent to an activating group) is 1. The van der Waals surface area contributed by atoms with Crippen molar-refractivity contribution in [2.75, 3.05) is 13.6 Å². The van der Waals surface area contributed by atoms with Gasteiger partial charge in [0.1, 0.15) is 0 Å². The van der Waals surface area contributed by atoms with Gasteiger partial charge < -0.3 is 10.6 Å². The minimum atomic E-state index is -4.39. The summed E-state index contributed by atoms with van der Waals surface area (Å²) in [7, 11) is 1.79. The Morgan fingerprint density at radius 2 is 2.00 bits per heavy atom. The van der Waals surface area contributed by atoms with Crippen molar-refractivity contribution < 1.29 is 18.0 Å². The Balaban J connectivity index is 0.00000242. The number of carbonyl (C=O) groups is 1. The summed E-state index contributed by atoms with van der Waals surface area (Å²) in [6.07, 6.45) is -3.20. The molecular weight excluding hydrogens is 317 g/mol. The molecule has 1 fully saturated rings. The maximum Gasteiger partial charge on any atom is 0.416 e. The summed E-state index contributed by atoms with van der Waals surface area (Å²) in [6, 6.07) is 5.20. The first-order valence-corrected chi connectivity index (χ1v) is 6.93. The fourth-order valence-electron chi connectivity index (χ4n) is 2.28. The molecule has 0 bridgehead atoms. The predicted octanol–water partition coefficient (Wildman–Crippen LogP) is 2.88. The van der Waals surface area contributed by atoms with Gasteiger partial charge in [-0.2, -0.15) is 13.2 Å². The van der Waals surface area contributed by atoms with E-state index in [-0.39, 0.29) is 24.4 Å². The lowest BCUT2D eigenvalue weighted by atomic mass is 9.93. The summed E-state index contributed by atoms with van der Waals surface area (Å²) < 4.78 is 38.3. The van der Waals surface area contributed by atoms with Crippen LogP contribution < -0.4 is 10.6 Å². The average Bonchev–Trinajstić information content (AvgIpc) is 3.25. The maximum absolute atomic E-state index is 12.8. The molecule has 1 aliphatic carbocycles. The summed E-state index contributed by atoms with van der Waals surface area (Å²) in [5.74, 6) is -0.191. The molecule has 0 saturated heterocycles. The number of hydrogen-bond acceptors (Lipinski definition) is 2. The van der Waals surface area contributed by atoms with E-state index >= 15 is 0 Å². The average molecular weight is 337 g/mol. The predicted molar refractivity (Wildman–Crippen MR) is 81.1 cm³/mol. The number of alkyl halides is 3. The monoisotopic (exact) mass is 336 g/mol. The van der Waals surface area contributed by atoms with Crippen LogP contribution in [0.5, 0.6) is 0 Å². The number of benzene rings is 1. The second-order valence-corrected chi connectivity index (χ2v) is 5.56. The molecule has 1 atom stereocenters. The maximum atomic E-state index is 12.8. The molecule has 1 saturated carbocycles. The highest BCUT2D eigenvalue weighted by molar-refractivity contribution is 5.91. The smallest absolute Gasteiger partial charge is 0.354 e. The number of nitrogens with one attached hydrogen (secondary N) is 2. The first-order valence-electron chi connectivity index (χ1n) is 6.93. The van der Waals surface area contributed by atoms with Gasteiger partial charge in [0.15, 0.2) is 0 Å². The highest BCUT2D eigenvalue weighted by atomic mass is 35.5. The fourth-order valence-corrected chi connectivity index (χ4v) is 2.28. The standard InChI is InChI=1S/C15H19F3N2O.ClH/c1-10(19-2)9-20-13(21)14(6-7-14)11-4-3-5-12(8-11)15(16,17)18;/h3-5,8,10,19H,6-7,9H2,1-2H3,(H,20,21);1H. The van der Waals surface area contributed by atoms with Gasteiger partial charge in [-0.1, -0.05) is 18.2 Å². The Kier molecular flexibility index (Phi) is 5.87. The lowest BCUT2D eigenvalue weighted by molar-refractivity contribution is -0.137. The van der Waals surface area contributed by atoms with E-state index in [1.54, 1.807) is 13.1 Å². The molecule has 0 radical (unpaired) electrons. The van der Waals surface area contributed by atoms with Gasteiger partial charge in [0.05, 0.1) is 11.0 Å².